The van der Waals surface area contributed by atoms with Crippen LogP contribution < -0.4 is 10.6 Å². The van der Waals surface area contributed by atoms with Crippen molar-refractivity contribution in [3.05, 3.63) is 23.8 Å². The number of thioether (sulfide) groups is 1. The van der Waals surface area contributed by atoms with Gasteiger partial charge in [-0.1, -0.05) is 13.0 Å². The summed E-state index contributed by atoms with van der Waals surface area (Å²) >= 11 is 2.01. The van der Waals surface area contributed by atoms with Crippen molar-refractivity contribution in [3.8, 4) is 5.75 Å². The lowest BCUT2D eigenvalue weighted by molar-refractivity contribution is 0.463. The number of anilines is 1. The molecule has 0 amide bonds. The topological polar surface area (TPSA) is 49.5 Å². The van der Waals surface area contributed by atoms with Crippen LogP contribution in [0.2, 0.25) is 0 Å². The lowest BCUT2D eigenvalue weighted by atomic mass is 10.1. The van der Waals surface area contributed by atoms with Crippen molar-refractivity contribution in [3.63, 3.8) is 0 Å². The Balaban J connectivity index is 2.26. The van der Waals surface area contributed by atoms with Crippen molar-refractivity contribution in [2.75, 3.05) is 17.2 Å². The van der Waals surface area contributed by atoms with Crippen molar-refractivity contribution in [2.24, 2.45) is 5.73 Å². The third-order valence-electron chi connectivity index (χ3n) is 3.72. The van der Waals surface area contributed by atoms with Gasteiger partial charge in [-0.3, -0.25) is 0 Å². The number of nitrogens with zero attached hydrogens (tertiary/aromatic N) is 1. The highest BCUT2D eigenvalue weighted by Gasteiger charge is 2.25. The summed E-state index contributed by atoms with van der Waals surface area (Å²) in [6.07, 6.45) is 0. The van der Waals surface area contributed by atoms with E-state index in [9.17, 15) is 5.11 Å². The first kappa shape index (κ1) is 13.6. The van der Waals surface area contributed by atoms with Crippen LogP contribution >= 0.6 is 11.8 Å². The van der Waals surface area contributed by atoms with Gasteiger partial charge in [0.1, 0.15) is 5.75 Å². The van der Waals surface area contributed by atoms with Gasteiger partial charge >= 0.3 is 0 Å². The van der Waals surface area contributed by atoms with Gasteiger partial charge in [-0.2, -0.15) is 11.8 Å². The van der Waals surface area contributed by atoms with Gasteiger partial charge < -0.3 is 15.7 Å². The first-order valence-corrected chi connectivity index (χ1v) is 7.52. The van der Waals surface area contributed by atoms with E-state index in [0.29, 0.717) is 17.0 Å². The molecule has 0 aromatic heterocycles. The van der Waals surface area contributed by atoms with E-state index < -0.39 is 0 Å². The summed E-state index contributed by atoms with van der Waals surface area (Å²) in [5.41, 5.74) is 7.72. The van der Waals surface area contributed by atoms with Gasteiger partial charge in [-0.25, -0.2) is 0 Å². The van der Waals surface area contributed by atoms with Crippen molar-refractivity contribution in [1.82, 2.24) is 0 Å². The molecule has 0 spiro atoms. The Hall–Kier alpha value is -0.870. The molecular formula is C14H22N2OS. The van der Waals surface area contributed by atoms with Crippen LogP contribution in [0.1, 0.15) is 32.4 Å². The van der Waals surface area contributed by atoms with E-state index in [1.165, 1.54) is 0 Å². The summed E-state index contributed by atoms with van der Waals surface area (Å²) in [5.74, 6) is 1.45. The molecule has 3 N–H and O–H groups in total. The number of hydrogen-bond acceptors (Lipinski definition) is 4. The summed E-state index contributed by atoms with van der Waals surface area (Å²) in [6.45, 7) is 7.43. The Morgan fingerprint density at radius 2 is 2.17 bits per heavy atom. The van der Waals surface area contributed by atoms with E-state index in [1.54, 1.807) is 0 Å². The maximum atomic E-state index is 10.0. The second-order valence-electron chi connectivity index (χ2n) is 5.04. The predicted molar refractivity (Wildman–Crippen MR) is 79.4 cm³/mol. The van der Waals surface area contributed by atoms with Crippen LogP contribution in [-0.4, -0.2) is 28.7 Å². The first-order chi connectivity index (χ1) is 8.50. The highest BCUT2D eigenvalue weighted by atomic mass is 32.2. The maximum absolute atomic E-state index is 10.0. The first-order valence-electron chi connectivity index (χ1n) is 6.47. The normalized spacial score (nSPS) is 26.1. The molecule has 1 aliphatic heterocycles. The molecule has 1 aliphatic rings. The van der Waals surface area contributed by atoms with E-state index in [4.69, 9.17) is 5.73 Å². The SMILES string of the molecule is CC(N)c1ccc(N2CCSC(C)C2C)cc1O. The van der Waals surface area contributed by atoms with Crippen LogP contribution in [0.25, 0.3) is 0 Å². The van der Waals surface area contributed by atoms with Gasteiger partial charge in [-0.05, 0) is 19.9 Å². The number of hydrogen-bond donors (Lipinski definition) is 2. The molecule has 0 saturated carbocycles. The molecule has 0 aliphatic carbocycles. The van der Waals surface area contributed by atoms with Gasteiger partial charge in [0.05, 0.1) is 0 Å². The highest BCUT2D eigenvalue weighted by Crippen LogP contribution is 2.33. The molecule has 1 saturated heterocycles. The maximum Gasteiger partial charge on any atom is 0.122 e. The average molecular weight is 266 g/mol. The van der Waals surface area contributed by atoms with E-state index in [2.05, 4.69) is 24.8 Å². The number of phenolic OH excluding ortho intramolecular Hbond substituents is 1. The van der Waals surface area contributed by atoms with Crippen LogP contribution in [0.15, 0.2) is 18.2 Å². The molecule has 18 heavy (non-hydrogen) atoms. The number of nitrogens with two attached hydrogens (primary N) is 1. The minimum Gasteiger partial charge on any atom is -0.508 e. The van der Waals surface area contributed by atoms with Gasteiger partial charge in [-0.15, -0.1) is 0 Å². The van der Waals surface area contributed by atoms with Crippen molar-refractivity contribution < 1.29 is 5.11 Å². The second kappa shape index (κ2) is 5.41. The van der Waals surface area contributed by atoms with E-state index in [1.807, 2.05) is 30.8 Å². The van der Waals surface area contributed by atoms with Gasteiger partial charge in [0, 0.05) is 46.9 Å². The Morgan fingerprint density at radius 3 is 2.78 bits per heavy atom. The number of benzene rings is 1. The van der Waals surface area contributed by atoms with Gasteiger partial charge in [0.2, 0.25) is 0 Å². The summed E-state index contributed by atoms with van der Waals surface area (Å²) in [4.78, 5) is 2.37. The minimum absolute atomic E-state index is 0.132. The minimum atomic E-state index is -0.132. The number of aromatic hydroxyl groups is 1. The Labute approximate surface area is 113 Å². The van der Waals surface area contributed by atoms with Crippen molar-refractivity contribution >= 4 is 17.4 Å². The standard InChI is InChI=1S/C14H22N2OS/c1-9(15)13-5-4-12(8-14(13)17)16-6-7-18-11(3)10(16)2/h4-5,8-11,17H,6-7,15H2,1-3H3. The van der Waals surface area contributed by atoms with Crippen LogP contribution in [-0.2, 0) is 0 Å². The smallest absolute Gasteiger partial charge is 0.122 e. The zero-order valence-electron chi connectivity index (χ0n) is 11.3. The zero-order chi connectivity index (χ0) is 13.3. The summed E-state index contributed by atoms with van der Waals surface area (Å²) in [7, 11) is 0. The molecule has 0 bridgehead atoms. The molecule has 4 heteroatoms. The van der Waals surface area contributed by atoms with Crippen LogP contribution in [0.3, 0.4) is 0 Å². The molecular weight excluding hydrogens is 244 g/mol. The van der Waals surface area contributed by atoms with E-state index in [0.717, 1.165) is 23.5 Å². The predicted octanol–water partition coefficient (Wildman–Crippen LogP) is 2.74. The fraction of sp³-hybridized carbons (Fsp3) is 0.571. The quantitative estimate of drug-likeness (QED) is 0.864. The molecule has 1 aromatic rings. The van der Waals surface area contributed by atoms with Gasteiger partial charge in [0.25, 0.3) is 0 Å². The molecule has 1 fully saturated rings. The summed E-state index contributed by atoms with van der Waals surface area (Å²) in [5, 5.41) is 10.7. The molecule has 3 atom stereocenters. The van der Waals surface area contributed by atoms with E-state index in [-0.39, 0.29) is 6.04 Å². The molecule has 100 valence electrons. The third-order valence-corrected chi connectivity index (χ3v) is 5.06. The van der Waals surface area contributed by atoms with Crippen molar-refractivity contribution in [2.45, 2.75) is 38.1 Å². The molecule has 0 radical (unpaired) electrons. The second-order valence-corrected chi connectivity index (χ2v) is 6.53. The Kier molecular flexibility index (Phi) is 4.07. The summed E-state index contributed by atoms with van der Waals surface area (Å²) < 4.78 is 0. The molecule has 2 rings (SSSR count). The summed E-state index contributed by atoms with van der Waals surface area (Å²) in [6, 6.07) is 6.21. The fourth-order valence-electron chi connectivity index (χ4n) is 2.39. The molecule has 3 unspecified atom stereocenters. The van der Waals surface area contributed by atoms with Gasteiger partial charge in [0.15, 0.2) is 0 Å². The van der Waals surface area contributed by atoms with Crippen LogP contribution in [0.5, 0.6) is 5.75 Å². The van der Waals surface area contributed by atoms with Crippen molar-refractivity contribution in [1.29, 1.82) is 0 Å². The number of rotatable bonds is 2. The lowest BCUT2D eigenvalue weighted by Gasteiger charge is -2.39. The Bertz CT molecular complexity index is 422. The average Bonchev–Trinajstić information content (AvgIpc) is 2.32. The number of phenols is 1. The largest absolute Gasteiger partial charge is 0.508 e. The third kappa shape index (κ3) is 2.59. The lowest BCUT2D eigenvalue weighted by Crippen LogP contribution is -2.44. The van der Waals surface area contributed by atoms with E-state index >= 15 is 0 Å². The highest BCUT2D eigenvalue weighted by molar-refractivity contribution is 8.00. The molecule has 1 heterocycles. The molecule has 3 nitrogen and oxygen atoms in total. The van der Waals surface area contributed by atoms with Crippen LogP contribution in [0, 0.1) is 0 Å². The Morgan fingerprint density at radius 1 is 1.44 bits per heavy atom. The molecule has 1 aromatic carbocycles. The zero-order valence-corrected chi connectivity index (χ0v) is 12.1. The fourth-order valence-corrected chi connectivity index (χ4v) is 3.49. The monoisotopic (exact) mass is 266 g/mol. The van der Waals surface area contributed by atoms with Crippen LogP contribution in [0.4, 0.5) is 5.69 Å².